The lowest BCUT2D eigenvalue weighted by atomic mass is 10.00. The highest BCUT2D eigenvalue weighted by Gasteiger charge is 2.31. The summed E-state index contributed by atoms with van der Waals surface area (Å²) >= 11 is 0. The lowest BCUT2D eigenvalue weighted by Crippen LogP contribution is -2.40. The van der Waals surface area contributed by atoms with Crippen LogP contribution in [0.1, 0.15) is 55.3 Å². The average Bonchev–Trinajstić information content (AvgIpc) is 3.31. The number of rotatable bonds is 9. The highest BCUT2D eigenvalue weighted by Crippen LogP contribution is 2.36. The van der Waals surface area contributed by atoms with E-state index in [2.05, 4.69) is 65.0 Å². The maximum Gasteiger partial charge on any atom is 0.251 e. The number of carbonyl (C=O) groups is 1. The van der Waals surface area contributed by atoms with Gasteiger partial charge in [-0.05, 0) is 41.0 Å². The van der Waals surface area contributed by atoms with Gasteiger partial charge in [0.2, 0.25) is 5.91 Å². The monoisotopic (exact) mass is 430 g/mol. The topological polar surface area (TPSA) is 75.9 Å². The largest absolute Gasteiger partial charge is 0.355 e. The quantitative estimate of drug-likeness (QED) is 0.517. The Labute approximate surface area is 189 Å². The molecule has 1 aliphatic heterocycles. The van der Waals surface area contributed by atoms with Gasteiger partial charge in [-0.2, -0.15) is 4.68 Å². The Bertz CT molecular complexity index is 1060. The van der Waals surface area contributed by atoms with E-state index in [0.717, 1.165) is 29.7 Å². The van der Waals surface area contributed by atoms with Crippen molar-refractivity contribution in [3.05, 3.63) is 77.4 Å². The highest BCUT2D eigenvalue weighted by atomic mass is 16.2. The summed E-state index contributed by atoms with van der Waals surface area (Å²) in [6.45, 7) is 5.10. The van der Waals surface area contributed by atoms with Crippen LogP contribution in [0.5, 0.6) is 0 Å². The second kappa shape index (κ2) is 10.2. The van der Waals surface area contributed by atoms with Crippen molar-refractivity contribution in [2.75, 3.05) is 18.0 Å². The molecule has 0 aliphatic carbocycles. The van der Waals surface area contributed by atoms with Crippen LogP contribution in [-0.2, 0) is 4.79 Å². The lowest BCUT2D eigenvalue weighted by Gasteiger charge is -2.32. The first-order chi connectivity index (χ1) is 15.7. The van der Waals surface area contributed by atoms with Crippen molar-refractivity contribution in [3.63, 3.8) is 0 Å². The molecule has 4 rings (SSSR count). The van der Waals surface area contributed by atoms with E-state index in [1.807, 2.05) is 35.2 Å². The fourth-order valence-corrected chi connectivity index (χ4v) is 3.96. The molecule has 7 nitrogen and oxygen atoms in total. The Morgan fingerprint density at radius 2 is 1.81 bits per heavy atom. The highest BCUT2D eigenvalue weighted by molar-refractivity contribution is 5.89. The molecule has 0 radical (unpaired) electrons. The number of hydrogen-bond acceptors (Lipinski definition) is 5. The van der Waals surface area contributed by atoms with Crippen LogP contribution in [0.25, 0.3) is 5.70 Å². The van der Waals surface area contributed by atoms with Crippen molar-refractivity contribution in [1.82, 2.24) is 25.5 Å². The Kier molecular flexibility index (Phi) is 6.94. The van der Waals surface area contributed by atoms with Crippen LogP contribution >= 0.6 is 0 Å². The van der Waals surface area contributed by atoms with Crippen molar-refractivity contribution < 1.29 is 4.79 Å². The van der Waals surface area contributed by atoms with Crippen LogP contribution in [0.2, 0.25) is 0 Å². The number of nitrogens with zero attached hydrogens (tertiary/aromatic N) is 5. The van der Waals surface area contributed by atoms with Crippen LogP contribution in [0.15, 0.2) is 60.7 Å². The molecule has 0 bridgehead atoms. The zero-order valence-electron chi connectivity index (χ0n) is 18.7. The van der Waals surface area contributed by atoms with Crippen LogP contribution in [0.3, 0.4) is 0 Å². The van der Waals surface area contributed by atoms with E-state index < -0.39 is 0 Å². The molecule has 1 atom stereocenters. The summed E-state index contributed by atoms with van der Waals surface area (Å²) in [7, 11) is 0. The predicted octanol–water partition coefficient (Wildman–Crippen LogP) is 4.13. The number of anilines is 1. The predicted molar refractivity (Wildman–Crippen MR) is 126 cm³/mol. The van der Waals surface area contributed by atoms with Gasteiger partial charge in [-0.3, -0.25) is 9.69 Å². The van der Waals surface area contributed by atoms with Crippen molar-refractivity contribution in [2.45, 2.75) is 45.6 Å². The minimum absolute atomic E-state index is 0.0355. The summed E-state index contributed by atoms with van der Waals surface area (Å²) in [5.74, 6) is 0.532. The minimum Gasteiger partial charge on any atom is -0.355 e. The number of aryl methyl sites for hydroxylation is 1. The second-order valence-corrected chi connectivity index (χ2v) is 8.19. The first-order valence-corrected chi connectivity index (χ1v) is 11.3. The number of amides is 1. The number of tetrazole rings is 1. The molecular weight excluding hydrogens is 400 g/mol. The van der Waals surface area contributed by atoms with Gasteiger partial charge in [-0.1, -0.05) is 91.4 Å². The molecule has 1 aromatic heterocycles. The lowest BCUT2D eigenvalue weighted by molar-refractivity contribution is -0.119. The number of benzene rings is 2. The third-order valence-electron chi connectivity index (χ3n) is 5.73. The SMILES string of the molecule is CCCCCCNC(=O)CN1C(c2ccccc2)=C[C@H](c2ccc(C)cc2)n2nnnc21. The van der Waals surface area contributed by atoms with E-state index in [-0.39, 0.29) is 18.5 Å². The fourth-order valence-electron chi connectivity index (χ4n) is 3.96. The van der Waals surface area contributed by atoms with E-state index >= 15 is 0 Å². The summed E-state index contributed by atoms with van der Waals surface area (Å²) in [4.78, 5) is 14.7. The van der Waals surface area contributed by atoms with E-state index in [9.17, 15) is 4.79 Å². The Morgan fingerprint density at radius 1 is 1.03 bits per heavy atom. The summed E-state index contributed by atoms with van der Waals surface area (Å²) in [6, 6.07) is 18.3. The molecule has 1 amide bonds. The number of nitrogens with one attached hydrogen (secondary N) is 1. The maximum atomic E-state index is 12.8. The van der Waals surface area contributed by atoms with Gasteiger partial charge < -0.3 is 5.32 Å². The molecule has 3 aromatic rings. The van der Waals surface area contributed by atoms with Crippen LogP contribution in [-0.4, -0.2) is 39.2 Å². The molecule has 2 aromatic carbocycles. The van der Waals surface area contributed by atoms with Gasteiger partial charge in [0.15, 0.2) is 0 Å². The summed E-state index contributed by atoms with van der Waals surface area (Å²) < 4.78 is 1.78. The van der Waals surface area contributed by atoms with Gasteiger partial charge in [0, 0.05) is 6.54 Å². The zero-order valence-corrected chi connectivity index (χ0v) is 18.7. The maximum absolute atomic E-state index is 12.8. The Morgan fingerprint density at radius 3 is 2.56 bits per heavy atom. The molecule has 1 aliphatic rings. The van der Waals surface area contributed by atoms with Gasteiger partial charge in [0.05, 0.1) is 5.70 Å². The summed E-state index contributed by atoms with van der Waals surface area (Å²) in [6.07, 6.45) is 6.63. The van der Waals surface area contributed by atoms with E-state index in [1.165, 1.54) is 18.4 Å². The Balaban J connectivity index is 1.62. The molecule has 0 unspecified atom stereocenters. The first kappa shape index (κ1) is 21.7. The third-order valence-corrected chi connectivity index (χ3v) is 5.73. The average molecular weight is 431 g/mol. The van der Waals surface area contributed by atoms with Gasteiger partial charge in [0.25, 0.3) is 5.95 Å². The van der Waals surface area contributed by atoms with Crippen molar-refractivity contribution >= 4 is 17.6 Å². The van der Waals surface area contributed by atoms with Crippen molar-refractivity contribution in [2.24, 2.45) is 0 Å². The fraction of sp³-hybridized carbons (Fsp3) is 0.360. The third kappa shape index (κ3) is 4.88. The number of hydrogen-bond donors (Lipinski definition) is 1. The number of unbranched alkanes of at least 4 members (excludes halogenated alkanes) is 3. The van der Waals surface area contributed by atoms with Crippen molar-refractivity contribution in [1.29, 1.82) is 0 Å². The standard InChI is InChI=1S/C25H30N6O/c1-3-4-5-9-16-26-24(32)18-30-22(20-10-7-6-8-11-20)17-23(31-25(30)27-28-29-31)21-14-12-19(2)13-15-21/h6-8,10-15,17,23H,3-5,9,16,18H2,1-2H3,(H,26,32)/t23-/m1/s1. The Hall–Kier alpha value is -3.48. The normalized spacial score (nSPS) is 15.2. The molecule has 0 saturated carbocycles. The second-order valence-electron chi connectivity index (χ2n) is 8.19. The molecule has 0 spiro atoms. The number of carbonyl (C=O) groups excluding carboxylic acids is 1. The van der Waals surface area contributed by atoms with Crippen LogP contribution in [0.4, 0.5) is 5.95 Å². The molecular formula is C25H30N6O. The van der Waals surface area contributed by atoms with Crippen molar-refractivity contribution in [3.8, 4) is 0 Å². The zero-order chi connectivity index (χ0) is 22.3. The van der Waals surface area contributed by atoms with E-state index in [4.69, 9.17) is 0 Å². The van der Waals surface area contributed by atoms with Gasteiger partial charge >= 0.3 is 0 Å². The number of allylic oxidation sites excluding steroid dienone is 1. The first-order valence-electron chi connectivity index (χ1n) is 11.3. The van der Waals surface area contributed by atoms with Crippen LogP contribution in [0, 0.1) is 6.92 Å². The molecule has 1 N–H and O–H groups in total. The summed E-state index contributed by atoms with van der Waals surface area (Å²) in [5, 5.41) is 15.5. The van der Waals surface area contributed by atoms with Gasteiger partial charge in [-0.15, -0.1) is 0 Å². The molecule has 0 fully saturated rings. The van der Waals surface area contributed by atoms with E-state index in [0.29, 0.717) is 12.5 Å². The van der Waals surface area contributed by atoms with E-state index in [1.54, 1.807) is 4.68 Å². The summed E-state index contributed by atoms with van der Waals surface area (Å²) in [5.41, 5.74) is 4.25. The number of fused-ring (bicyclic) bond motifs is 1. The number of aromatic nitrogens is 4. The van der Waals surface area contributed by atoms with Crippen LogP contribution < -0.4 is 10.2 Å². The molecule has 7 heteroatoms. The van der Waals surface area contributed by atoms with Gasteiger partial charge in [0.1, 0.15) is 12.6 Å². The van der Waals surface area contributed by atoms with Gasteiger partial charge in [-0.25, -0.2) is 0 Å². The molecule has 32 heavy (non-hydrogen) atoms. The molecule has 2 heterocycles. The molecule has 0 saturated heterocycles. The smallest absolute Gasteiger partial charge is 0.251 e. The molecule has 166 valence electrons. The minimum atomic E-state index is -0.149.